The van der Waals surface area contributed by atoms with Crippen LogP contribution < -0.4 is 10.6 Å². The quantitative estimate of drug-likeness (QED) is 0.623. The Hall–Kier alpha value is -2.91. The number of nitrogens with one attached hydrogen (secondary N) is 2. The Morgan fingerprint density at radius 2 is 1.77 bits per heavy atom. The first-order valence-electron chi connectivity index (χ1n) is 7.53. The fourth-order valence-corrected chi connectivity index (χ4v) is 2.15. The van der Waals surface area contributed by atoms with E-state index >= 15 is 0 Å². The number of alkyl halides is 3. The zero-order valence-electron chi connectivity index (χ0n) is 13.9. The molecule has 0 aliphatic rings. The Morgan fingerprint density at radius 3 is 2.35 bits per heavy atom. The van der Waals surface area contributed by atoms with Crippen LogP contribution in [0.4, 0.5) is 17.6 Å². The highest BCUT2D eigenvalue weighted by atomic mass is 19.4. The Bertz CT molecular complexity index is 830. The lowest BCUT2D eigenvalue weighted by Crippen LogP contribution is -2.35. The molecule has 0 saturated carbocycles. The first-order chi connectivity index (χ1) is 12.1. The van der Waals surface area contributed by atoms with Gasteiger partial charge in [0.05, 0.1) is 5.56 Å². The lowest BCUT2D eigenvalue weighted by atomic mass is 10.1. The monoisotopic (exact) mass is 372 g/mol. The van der Waals surface area contributed by atoms with E-state index in [-0.39, 0.29) is 18.7 Å². The van der Waals surface area contributed by atoms with Crippen LogP contribution in [0, 0.1) is 12.7 Å². The van der Waals surface area contributed by atoms with Gasteiger partial charge in [0, 0.05) is 31.9 Å². The molecule has 0 unspecified atom stereocenters. The van der Waals surface area contributed by atoms with E-state index in [1.807, 2.05) is 0 Å². The highest BCUT2D eigenvalue weighted by Gasteiger charge is 2.38. The molecule has 6 nitrogen and oxygen atoms in total. The predicted molar refractivity (Wildman–Crippen MR) is 84.0 cm³/mol. The topological polar surface area (TPSA) is 76.0 Å². The fourth-order valence-electron chi connectivity index (χ4n) is 2.15. The van der Waals surface area contributed by atoms with Gasteiger partial charge in [-0.3, -0.25) is 14.3 Å². The van der Waals surface area contributed by atoms with Gasteiger partial charge in [-0.15, -0.1) is 0 Å². The molecule has 0 spiro atoms. The summed E-state index contributed by atoms with van der Waals surface area (Å²) in [6.45, 7) is 1.41. The lowest BCUT2D eigenvalue weighted by Gasteiger charge is -2.09. The van der Waals surface area contributed by atoms with Crippen LogP contribution in [0.1, 0.15) is 32.0 Å². The van der Waals surface area contributed by atoms with E-state index in [0.717, 1.165) is 16.9 Å². The Kier molecular flexibility index (Phi) is 5.63. The number of hydrogen-bond acceptors (Lipinski definition) is 3. The van der Waals surface area contributed by atoms with Gasteiger partial charge in [-0.2, -0.15) is 18.3 Å². The standard InChI is InChI=1S/C16H16F4N4O2/c1-9-3-4-10(7-12(9)17)14(25)21-5-6-22-15(26)11-8-24(2)23-13(11)16(18,19)20/h3-4,7-8H,5-6H2,1-2H3,(H,21,25)(H,22,26). The molecule has 0 radical (unpaired) electrons. The van der Waals surface area contributed by atoms with Crippen LogP contribution in [-0.4, -0.2) is 34.7 Å². The Labute approximate surface area is 146 Å². The van der Waals surface area contributed by atoms with Gasteiger partial charge in [-0.25, -0.2) is 4.39 Å². The van der Waals surface area contributed by atoms with E-state index in [1.165, 1.54) is 19.2 Å². The molecule has 26 heavy (non-hydrogen) atoms. The first kappa shape index (κ1) is 19.4. The van der Waals surface area contributed by atoms with Gasteiger partial charge >= 0.3 is 6.18 Å². The molecule has 0 aliphatic heterocycles. The summed E-state index contributed by atoms with van der Waals surface area (Å²) >= 11 is 0. The number of carbonyl (C=O) groups is 2. The number of nitrogens with zero attached hydrogens (tertiary/aromatic N) is 2. The molecule has 2 aromatic rings. The number of halogens is 4. The van der Waals surface area contributed by atoms with Crippen LogP contribution in [0.5, 0.6) is 0 Å². The third-order valence-electron chi connectivity index (χ3n) is 3.47. The van der Waals surface area contributed by atoms with Crippen molar-refractivity contribution in [2.45, 2.75) is 13.1 Å². The maximum absolute atomic E-state index is 13.4. The van der Waals surface area contributed by atoms with Crippen molar-refractivity contribution in [2.24, 2.45) is 7.05 Å². The Balaban J connectivity index is 1.89. The molecular weight excluding hydrogens is 356 g/mol. The summed E-state index contributed by atoms with van der Waals surface area (Å²) < 4.78 is 52.8. The van der Waals surface area contributed by atoms with E-state index in [9.17, 15) is 27.2 Å². The number of benzene rings is 1. The van der Waals surface area contributed by atoms with Gasteiger partial charge in [0.25, 0.3) is 11.8 Å². The maximum atomic E-state index is 13.4. The summed E-state index contributed by atoms with van der Waals surface area (Å²) in [7, 11) is 1.27. The summed E-state index contributed by atoms with van der Waals surface area (Å²) in [5.74, 6) is -2.04. The predicted octanol–water partition coefficient (Wildman–Crippen LogP) is 2.05. The highest BCUT2D eigenvalue weighted by molar-refractivity contribution is 5.95. The number of aryl methyl sites for hydroxylation is 2. The minimum atomic E-state index is -4.75. The molecule has 2 amide bonds. The van der Waals surface area contributed by atoms with Gasteiger partial charge in [0.1, 0.15) is 5.82 Å². The molecule has 0 saturated heterocycles. The zero-order chi connectivity index (χ0) is 19.5. The smallest absolute Gasteiger partial charge is 0.350 e. The number of rotatable bonds is 5. The van der Waals surface area contributed by atoms with Crippen molar-refractivity contribution in [1.29, 1.82) is 0 Å². The first-order valence-corrected chi connectivity index (χ1v) is 7.53. The molecule has 1 heterocycles. The number of carbonyl (C=O) groups excluding carboxylic acids is 2. The molecule has 2 N–H and O–H groups in total. The van der Waals surface area contributed by atoms with Crippen molar-refractivity contribution < 1.29 is 27.2 Å². The van der Waals surface area contributed by atoms with Gasteiger partial charge in [-0.05, 0) is 24.6 Å². The summed E-state index contributed by atoms with van der Waals surface area (Å²) in [5, 5.41) is 7.95. The van der Waals surface area contributed by atoms with Gasteiger partial charge in [0.2, 0.25) is 0 Å². The number of hydrogen-bond donors (Lipinski definition) is 2. The van der Waals surface area contributed by atoms with E-state index in [0.29, 0.717) is 5.56 Å². The zero-order valence-corrected chi connectivity index (χ0v) is 13.9. The summed E-state index contributed by atoms with van der Waals surface area (Å²) in [4.78, 5) is 23.8. The molecule has 1 aromatic heterocycles. The van der Waals surface area contributed by atoms with E-state index < -0.39 is 35.1 Å². The number of amides is 2. The average Bonchev–Trinajstić information content (AvgIpc) is 2.96. The van der Waals surface area contributed by atoms with E-state index in [1.54, 1.807) is 6.92 Å². The van der Waals surface area contributed by atoms with Gasteiger partial charge < -0.3 is 10.6 Å². The molecule has 0 atom stereocenters. The summed E-state index contributed by atoms with van der Waals surface area (Å²) in [6, 6.07) is 3.97. The molecule has 140 valence electrons. The van der Waals surface area contributed by atoms with Crippen molar-refractivity contribution in [3.8, 4) is 0 Å². The van der Waals surface area contributed by atoms with Crippen molar-refractivity contribution in [1.82, 2.24) is 20.4 Å². The van der Waals surface area contributed by atoms with Crippen LogP contribution in [0.3, 0.4) is 0 Å². The molecular formula is C16H16F4N4O2. The summed E-state index contributed by atoms with van der Waals surface area (Å²) in [5.41, 5.74) is -1.39. The second-order valence-corrected chi connectivity index (χ2v) is 5.54. The maximum Gasteiger partial charge on any atom is 0.435 e. The number of aromatic nitrogens is 2. The second-order valence-electron chi connectivity index (χ2n) is 5.54. The second kappa shape index (κ2) is 7.54. The highest BCUT2D eigenvalue weighted by Crippen LogP contribution is 2.30. The third kappa shape index (κ3) is 4.58. The molecule has 0 fully saturated rings. The van der Waals surface area contributed by atoms with E-state index in [2.05, 4.69) is 15.7 Å². The van der Waals surface area contributed by atoms with E-state index in [4.69, 9.17) is 0 Å². The van der Waals surface area contributed by atoms with Crippen molar-refractivity contribution in [3.63, 3.8) is 0 Å². The Morgan fingerprint density at radius 1 is 1.15 bits per heavy atom. The minimum absolute atomic E-state index is 0.0400. The lowest BCUT2D eigenvalue weighted by molar-refractivity contribution is -0.141. The molecule has 2 rings (SSSR count). The van der Waals surface area contributed by atoms with Crippen molar-refractivity contribution in [3.05, 3.63) is 52.6 Å². The van der Waals surface area contributed by atoms with Gasteiger partial charge in [-0.1, -0.05) is 6.07 Å². The SMILES string of the molecule is Cc1ccc(C(=O)NCCNC(=O)c2cn(C)nc2C(F)(F)F)cc1F. The average molecular weight is 372 g/mol. The van der Waals surface area contributed by atoms with Crippen LogP contribution in [0.2, 0.25) is 0 Å². The minimum Gasteiger partial charge on any atom is -0.350 e. The third-order valence-corrected chi connectivity index (χ3v) is 3.47. The molecule has 1 aromatic carbocycles. The van der Waals surface area contributed by atoms with Crippen LogP contribution in [0.15, 0.2) is 24.4 Å². The van der Waals surface area contributed by atoms with Gasteiger partial charge in [0.15, 0.2) is 5.69 Å². The fraction of sp³-hybridized carbons (Fsp3) is 0.312. The largest absolute Gasteiger partial charge is 0.435 e. The van der Waals surface area contributed by atoms with Crippen molar-refractivity contribution >= 4 is 11.8 Å². The summed E-state index contributed by atoms with van der Waals surface area (Å²) in [6.07, 6.45) is -3.79. The molecule has 0 aliphatic carbocycles. The normalized spacial score (nSPS) is 11.3. The van der Waals surface area contributed by atoms with Crippen LogP contribution in [-0.2, 0) is 13.2 Å². The van der Waals surface area contributed by atoms with Crippen LogP contribution >= 0.6 is 0 Å². The molecule has 0 bridgehead atoms. The van der Waals surface area contributed by atoms with Crippen molar-refractivity contribution in [2.75, 3.05) is 13.1 Å². The van der Waals surface area contributed by atoms with Crippen LogP contribution in [0.25, 0.3) is 0 Å². The molecule has 10 heteroatoms.